The van der Waals surface area contributed by atoms with Gasteiger partial charge < -0.3 is 5.32 Å². The highest BCUT2D eigenvalue weighted by molar-refractivity contribution is 6.30. The van der Waals surface area contributed by atoms with Crippen molar-refractivity contribution in [2.24, 2.45) is 0 Å². The van der Waals surface area contributed by atoms with Crippen molar-refractivity contribution in [3.8, 4) is 11.1 Å². The third-order valence-electron chi connectivity index (χ3n) is 4.31. The fraction of sp³-hybridized carbons (Fsp3) is 0.294. The van der Waals surface area contributed by atoms with Crippen molar-refractivity contribution in [2.45, 2.75) is 18.9 Å². The molecule has 1 fully saturated rings. The van der Waals surface area contributed by atoms with Crippen molar-refractivity contribution in [1.29, 1.82) is 0 Å². The summed E-state index contributed by atoms with van der Waals surface area (Å²) in [7, 11) is 0. The monoisotopic (exact) mass is 312 g/mol. The zero-order chi connectivity index (χ0) is 14.9. The lowest BCUT2D eigenvalue weighted by molar-refractivity contribution is 0.343. The predicted octanol–water partition coefficient (Wildman–Crippen LogP) is 3.68. The Morgan fingerprint density at radius 2 is 1.91 bits per heavy atom. The largest absolute Gasteiger partial charge is 0.317 e. The number of nitrogens with one attached hydrogen (secondary N) is 1. The van der Waals surface area contributed by atoms with Crippen LogP contribution < -0.4 is 5.32 Å². The summed E-state index contributed by atoms with van der Waals surface area (Å²) in [5.74, 6) is 0. The lowest BCUT2D eigenvalue weighted by Crippen LogP contribution is -2.29. The highest BCUT2D eigenvalue weighted by Gasteiger charge is 2.16. The number of hydrogen-bond donors (Lipinski definition) is 1. The summed E-state index contributed by atoms with van der Waals surface area (Å²) < 4.78 is 2.11. The number of aromatic nitrogens is 3. The lowest BCUT2D eigenvalue weighted by atomic mass is 10.0. The Bertz CT molecular complexity index is 805. The first kappa shape index (κ1) is 13.7. The highest BCUT2D eigenvalue weighted by Crippen LogP contribution is 2.27. The Kier molecular flexibility index (Phi) is 3.56. The number of piperidine rings is 1. The van der Waals surface area contributed by atoms with Gasteiger partial charge in [0.2, 0.25) is 0 Å². The standard InChI is InChI=1S/C17H17ClN4/c18-17-8-14-7-12(1-2-13(14)9-20-17)15-10-21-22(11-15)16-3-5-19-6-4-16/h1-2,7-11,16,19H,3-6H2. The molecule has 22 heavy (non-hydrogen) atoms. The molecule has 2 aromatic heterocycles. The summed E-state index contributed by atoms with van der Waals surface area (Å²) in [5.41, 5.74) is 2.31. The Morgan fingerprint density at radius 1 is 1.05 bits per heavy atom. The van der Waals surface area contributed by atoms with E-state index in [9.17, 15) is 0 Å². The molecule has 3 aromatic rings. The van der Waals surface area contributed by atoms with Gasteiger partial charge in [-0.05, 0) is 49.0 Å². The van der Waals surface area contributed by atoms with Gasteiger partial charge in [0.15, 0.2) is 0 Å². The summed E-state index contributed by atoms with van der Waals surface area (Å²) in [4.78, 5) is 4.12. The lowest BCUT2D eigenvalue weighted by Gasteiger charge is -2.22. The van der Waals surface area contributed by atoms with E-state index < -0.39 is 0 Å². The number of rotatable bonds is 2. The SMILES string of the molecule is Clc1cc2cc(-c3cnn(C4CCNCC4)c3)ccc2cn1. The molecule has 0 atom stereocenters. The van der Waals surface area contributed by atoms with Crippen LogP contribution in [0, 0.1) is 0 Å². The van der Waals surface area contributed by atoms with E-state index in [2.05, 4.69) is 44.5 Å². The molecule has 0 aliphatic carbocycles. The first-order valence-electron chi connectivity index (χ1n) is 7.60. The average molecular weight is 313 g/mol. The van der Waals surface area contributed by atoms with Gasteiger partial charge in [-0.15, -0.1) is 0 Å². The van der Waals surface area contributed by atoms with E-state index in [0.717, 1.165) is 47.8 Å². The molecule has 4 nitrogen and oxygen atoms in total. The number of halogens is 1. The summed E-state index contributed by atoms with van der Waals surface area (Å²) in [6, 6.07) is 8.75. The van der Waals surface area contributed by atoms with E-state index in [1.807, 2.05) is 12.3 Å². The number of nitrogens with zero attached hydrogens (tertiary/aromatic N) is 3. The van der Waals surface area contributed by atoms with E-state index in [0.29, 0.717) is 11.2 Å². The van der Waals surface area contributed by atoms with Gasteiger partial charge in [-0.2, -0.15) is 5.10 Å². The smallest absolute Gasteiger partial charge is 0.129 e. The molecule has 3 heterocycles. The van der Waals surface area contributed by atoms with E-state index in [1.165, 1.54) is 0 Å². The molecule has 112 valence electrons. The van der Waals surface area contributed by atoms with E-state index >= 15 is 0 Å². The third kappa shape index (κ3) is 2.60. The molecule has 0 bridgehead atoms. The summed E-state index contributed by atoms with van der Waals surface area (Å²) in [6.07, 6.45) is 8.19. The molecule has 4 rings (SSSR count). The molecule has 1 aliphatic heterocycles. The normalized spacial score (nSPS) is 16.2. The zero-order valence-corrected chi connectivity index (χ0v) is 12.9. The van der Waals surface area contributed by atoms with Gasteiger partial charge in [0.25, 0.3) is 0 Å². The molecule has 0 radical (unpaired) electrons. The van der Waals surface area contributed by atoms with Crippen molar-refractivity contribution >= 4 is 22.4 Å². The molecule has 0 unspecified atom stereocenters. The minimum atomic E-state index is 0.508. The van der Waals surface area contributed by atoms with Crippen molar-refractivity contribution in [2.75, 3.05) is 13.1 Å². The Hall–Kier alpha value is -1.91. The minimum absolute atomic E-state index is 0.508. The van der Waals surface area contributed by atoms with Gasteiger partial charge >= 0.3 is 0 Å². The van der Waals surface area contributed by atoms with Gasteiger partial charge in [0, 0.05) is 23.3 Å². The number of benzene rings is 1. The van der Waals surface area contributed by atoms with Crippen LogP contribution in [0.1, 0.15) is 18.9 Å². The van der Waals surface area contributed by atoms with Crippen molar-refractivity contribution in [3.63, 3.8) is 0 Å². The Morgan fingerprint density at radius 3 is 2.77 bits per heavy atom. The minimum Gasteiger partial charge on any atom is -0.317 e. The first-order valence-corrected chi connectivity index (χ1v) is 7.98. The topological polar surface area (TPSA) is 42.7 Å². The second-order valence-electron chi connectivity index (χ2n) is 5.76. The van der Waals surface area contributed by atoms with Gasteiger partial charge in [-0.1, -0.05) is 23.7 Å². The molecular formula is C17H17ClN4. The second-order valence-corrected chi connectivity index (χ2v) is 6.15. The van der Waals surface area contributed by atoms with Crippen molar-refractivity contribution in [3.05, 3.63) is 48.0 Å². The molecule has 1 aromatic carbocycles. The van der Waals surface area contributed by atoms with Crippen molar-refractivity contribution in [1.82, 2.24) is 20.1 Å². The fourth-order valence-electron chi connectivity index (χ4n) is 3.05. The Labute approximate surface area is 134 Å². The molecule has 0 saturated carbocycles. The number of hydrogen-bond acceptors (Lipinski definition) is 3. The van der Waals surface area contributed by atoms with Crippen LogP contribution in [0.3, 0.4) is 0 Å². The molecule has 5 heteroatoms. The van der Waals surface area contributed by atoms with Crippen LogP contribution in [-0.2, 0) is 0 Å². The van der Waals surface area contributed by atoms with Crippen LogP contribution in [0.5, 0.6) is 0 Å². The highest BCUT2D eigenvalue weighted by atomic mass is 35.5. The molecule has 1 aliphatic rings. The second kappa shape index (κ2) is 5.71. The third-order valence-corrected chi connectivity index (χ3v) is 4.51. The van der Waals surface area contributed by atoms with Crippen LogP contribution in [0.2, 0.25) is 5.15 Å². The molecule has 0 spiro atoms. The molecular weight excluding hydrogens is 296 g/mol. The average Bonchev–Trinajstić information content (AvgIpc) is 3.05. The van der Waals surface area contributed by atoms with Crippen LogP contribution >= 0.6 is 11.6 Å². The molecule has 0 amide bonds. The van der Waals surface area contributed by atoms with Crippen LogP contribution in [0.25, 0.3) is 21.9 Å². The van der Waals surface area contributed by atoms with Crippen LogP contribution in [-0.4, -0.2) is 27.9 Å². The quantitative estimate of drug-likeness (QED) is 0.734. The van der Waals surface area contributed by atoms with Crippen LogP contribution in [0.4, 0.5) is 0 Å². The molecule has 1 saturated heterocycles. The van der Waals surface area contributed by atoms with Crippen molar-refractivity contribution < 1.29 is 0 Å². The van der Waals surface area contributed by atoms with Crippen LogP contribution in [0.15, 0.2) is 42.9 Å². The summed E-state index contributed by atoms with van der Waals surface area (Å²) in [6.45, 7) is 2.14. The maximum Gasteiger partial charge on any atom is 0.129 e. The van der Waals surface area contributed by atoms with E-state index in [-0.39, 0.29) is 0 Å². The fourth-order valence-corrected chi connectivity index (χ4v) is 3.22. The van der Waals surface area contributed by atoms with Gasteiger partial charge in [-0.3, -0.25) is 4.68 Å². The maximum absolute atomic E-state index is 5.99. The van der Waals surface area contributed by atoms with Gasteiger partial charge in [0.05, 0.1) is 12.2 Å². The van der Waals surface area contributed by atoms with E-state index in [4.69, 9.17) is 11.6 Å². The maximum atomic E-state index is 5.99. The van der Waals surface area contributed by atoms with Gasteiger partial charge in [0.1, 0.15) is 5.15 Å². The van der Waals surface area contributed by atoms with E-state index in [1.54, 1.807) is 6.20 Å². The molecule has 1 N–H and O–H groups in total. The predicted molar refractivity (Wildman–Crippen MR) is 89.1 cm³/mol. The zero-order valence-electron chi connectivity index (χ0n) is 12.2. The number of pyridine rings is 1. The first-order chi connectivity index (χ1) is 10.8. The summed E-state index contributed by atoms with van der Waals surface area (Å²) in [5, 5.41) is 10.7. The number of fused-ring (bicyclic) bond motifs is 1. The van der Waals surface area contributed by atoms with Gasteiger partial charge in [-0.25, -0.2) is 4.98 Å². The summed E-state index contributed by atoms with van der Waals surface area (Å²) >= 11 is 5.99. The Balaban J connectivity index is 1.68.